The van der Waals surface area contributed by atoms with Gasteiger partial charge in [-0.05, 0) is 38.8 Å². The van der Waals surface area contributed by atoms with Crippen molar-refractivity contribution in [2.45, 2.75) is 44.2 Å². The van der Waals surface area contributed by atoms with Crippen LogP contribution in [0, 0.1) is 0 Å². The number of hydrogen-bond acceptors (Lipinski definition) is 6. The summed E-state index contributed by atoms with van der Waals surface area (Å²) in [6, 6.07) is 9.75. The van der Waals surface area contributed by atoms with Gasteiger partial charge in [0.25, 0.3) is 0 Å². The highest BCUT2D eigenvalue weighted by Crippen LogP contribution is 2.39. The van der Waals surface area contributed by atoms with E-state index in [4.69, 9.17) is 9.26 Å². The quantitative estimate of drug-likeness (QED) is 0.887. The number of para-hydroxylation sites is 1. The van der Waals surface area contributed by atoms with Crippen LogP contribution in [-0.4, -0.2) is 46.2 Å². The highest BCUT2D eigenvalue weighted by Gasteiger charge is 2.37. The molecule has 1 unspecified atom stereocenters. The lowest BCUT2D eigenvalue weighted by Gasteiger charge is -2.37. The van der Waals surface area contributed by atoms with Gasteiger partial charge in [-0.15, -0.1) is 0 Å². The van der Waals surface area contributed by atoms with Gasteiger partial charge in [0.2, 0.25) is 17.6 Å². The molecule has 138 valence electrons. The van der Waals surface area contributed by atoms with Crippen molar-refractivity contribution in [2.24, 2.45) is 0 Å². The minimum absolute atomic E-state index is 0.0283. The number of anilines is 1. The Hall–Kier alpha value is -2.41. The van der Waals surface area contributed by atoms with Crippen LogP contribution in [-0.2, 0) is 9.53 Å². The summed E-state index contributed by atoms with van der Waals surface area (Å²) in [4.78, 5) is 19.3. The van der Waals surface area contributed by atoms with Crippen LogP contribution < -0.4 is 5.32 Å². The molecule has 2 heterocycles. The number of carbonyl (C=O) groups is 1. The van der Waals surface area contributed by atoms with Crippen molar-refractivity contribution in [3.05, 3.63) is 42.0 Å². The highest BCUT2D eigenvalue weighted by molar-refractivity contribution is 5.88. The number of ether oxygens (including phenoxy) is 1. The van der Waals surface area contributed by atoms with E-state index in [1.807, 2.05) is 49.1 Å². The van der Waals surface area contributed by atoms with Crippen LogP contribution in [0.4, 0.5) is 5.69 Å². The Bertz CT molecular complexity index is 770. The minimum atomic E-state index is -0.723. The number of hydrogen-bond donors (Lipinski definition) is 1. The van der Waals surface area contributed by atoms with Gasteiger partial charge < -0.3 is 19.5 Å². The normalized spacial score (nSPS) is 20.8. The van der Waals surface area contributed by atoms with Gasteiger partial charge in [0.1, 0.15) is 11.6 Å². The Balaban J connectivity index is 1.43. The highest BCUT2D eigenvalue weighted by atomic mass is 16.5. The molecule has 1 aliphatic heterocycles. The zero-order chi connectivity index (χ0) is 18.1. The maximum Gasteiger partial charge on any atom is 0.247 e. The van der Waals surface area contributed by atoms with E-state index in [1.54, 1.807) is 0 Å². The molecule has 1 aromatic heterocycles. The molecular formula is C19H24N4O3. The van der Waals surface area contributed by atoms with Crippen molar-refractivity contribution in [3.8, 4) is 0 Å². The number of morpholine rings is 1. The van der Waals surface area contributed by atoms with Crippen molar-refractivity contribution in [1.82, 2.24) is 15.0 Å². The summed E-state index contributed by atoms with van der Waals surface area (Å²) >= 11 is 0. The number of nitrogens with one attached hydrogen (secondary N) is 1. The van der Waals surface area contributed by atoms with Crippen LogP contribution in [0.1, 0.15) is 50.4 Å². The Morgan fingerprint density at radius 1 is 1.27 bits per heavy atom. The molecule has 1 amide bonds. The molecule has 4 rings (SSSR count). The van der Waals surface area contributed by atoms with Crippen molar-refractivity contribution in [2.75, 3.05) is 25.0 Å². The van der Waals surface area contributed by atoms with Crippen LogP contribution in [0.2, 0.25) is 0 Å². The second-order valence-electron chi connectivity index (χ2n) is 7.49. The first kappa shape index (κ1) is 17.0. The molecule has 0 radical (unpaired) electrons. The molecule has 2 fully saturated rings. The molecule has 7 nitrogen and oxygen atoms in total. The molecule has 2 aromatic rings. The van der Waals surface area contributed by atoms with Gasteiger partial charge in [-0.1, -0.05) is 23.4 Å². The summed E-state index contributed by atoms with van der Waals surface area (Å²) in [5.74, 6) is 1.67. The van der Waals surface area contributed by atoms with Crippen LogP contribution >= 0.6 is 0 Å². The summed E-state index contributed by atoms with van der Waals surface area (Å²) in [5.41, 5.74) is 0.197. The van der Waals surface area contributed by atoms with Crippen LogP contribution in [0.15, 0.2) is 34.9 Å². The number of benzene rings is 1. The van der Waals surface area contributed by atoms with E-state index in [0.29, 0.717) is 37.3 Å². The molecule has 1 saturated heterocycles. The number of nitrogens with zero attached hydrogens (tertiary/aromatic N) is 3. The Kier molecular flexibility index (Phi) is 4.40. The van der Waals surface area contributed by atoms with Gasteiger partial charge in [0.05, 0.1) is 13.2 Å². The first-order chi connectivity index (χ1) is 12.5. The molecule has 1 aliphatic carbocycles. The number of rotatable bonds is 5. The van der Waals surface area contributed by atoms with Crippen LogP contribution in [0.25, 0.3) is 0 Å². The van der Waals surface area contributed by atoms with Crippen molar-refractivity contribution in [3.63, 3.8) is 0 Å². The number of carbonyl (C=O) groups excluding carboxylic acids is 1. The fraction of sp³-hybridized carbons (Fsp3) is 0.526. The average Bonchev–Trinajstić information content (AvgIpc) is 3.38. The lowest BCUT2D eigenvalue weighted by Crippen LogP contribution is -2.53. The van der Waals surface area contributed by atoms with E-state index in [9.17, 15) is 4.79 Å². The molecule has 0 spiro atoms. The predicted molar refractivity (Wildman–Crippen MR) is 95.7 cm³/mol. The number of aromatic nitrogens is 2. The molecule has 7 heteroatoms. The third kappa shape index (κ3) is 3.58. The Labute approximate surface area is 152 Å². The minimum Gasteiger partial charge on any atom is -0.372 e. The Morgan fingerprint density at radius 2 is 2.04 bits per heavy atom. The first-order valence-electron chi connectivity index (χ1n) is 9.10. The molecule has 1 aromatic carbocycles. The van der Waals surface area contributed by atoms with E-state index in [2.05, 4.69) is 15.5 Å². The van der Waals surface area contributed by atoms with E-state index in [1.165, 1.54) is 0 Å². The van der Waals surface area contributed by atoms with E-state index < -0.39 is 5.54 Å². The lowest BCUT2D eigenvalue weighted by molar-refractivity contribution is -0.143. The standard InChI is InChI=1S/C19H24N4O3/c1-19(2,21-14-6-4-3-5-7-14)18(24)23-10-11-25-15(12-23)16-20-17(26-22-16)13-8-9-13/h3-7,13,15,21H,8-12H2,1-2H3. The van der Waals surface area contributed by atoms with Crippen molar-refractivity contribution in [1.29, 1.82) is 0 Å². The largest absolute Gasteiger partial charge is 0.372 e. The fourth-order valence-corrected chi connectivity index (χ4v) is 3.20. The first-order valence-corrected chi connectivity index (χ1v) is 9.10. The van der Waals surface area contributed by atoms with Gasteiger partial charge in [-0.3, -0.25) is 4.79 Å². The maximum absolute atomic E-state index is 13.1. The van der Waals surface area contributed by atoms with E-state index in [-0.39, 0.29) is 12.0 Å². The zero-order valence-electron chi connectivity index (χ0n) is 15.1. The fourth-order valence-electron chi connectivity index (χ4n) is 3.20. The molecule has 1 saturated carbocycles. The van der Waals surface area contributed by atoms with Crippen molar-refractivity contribution >= 4 is 11.6 Å². The number of amides is 1. The topological polar surface area (TPSA) is 80.5 Å². The summed E-state index contributed by atoms with van der Waals surface area (Å²) < 4.78 is 11.1. The SMILES string of the molecule is CC(C)(Nc1ccccc1)C(=O)N1CCOC(c2noc(C3CC3)n2)C1. The molecule has 26 heavy (non-hydrogen) atoms. The third-order valence-electron chi connectivity index (χ3n) is 4.79. The second kappa shape index (κ2) is 6.72. The monoisotopic (exact) mass is 356 g/mol. The molecule has 0 bridgehead atoms. The summed E-state index contributed by atoms with van der Waals surface area (Å²) in [6.45, 7) is 5.24. The van der Waals surface area contributed by atoms with Gasteiger partial charge in [-0.2, -0.15) is 4.98 Å². The predicted octanol–water partition coefficient (Wildman–Crippen LogP) is 2.74. The maximum atomic E-state index is 13.1. The second-order valence-corrected chi connectivity index (χ2v) is 7.49. The van der Waals surface area contributed by atoms with Gasteiger partial charge in [-0.25, -0.2) is 0 Å². The van der Waals surface area contributed by atoms with Crippen LogP contribution in [0.3, 0.4) is 0 Å². The lowest BCUT2D eigenvalue weighted by atomic mass is 10.0. The molecule has 1 N–H and O–H groups in total. The average molecular weight is 356 g/mol. The molecule has 1 atom stereocenters. The van der Waals surface area contributed by atoms with Gasteiger partial charge >= 0.3 is 0 Å². The molecular weight excluding hydrogens is 332 g/mol. The van der Waals surface area contributed by atoms with E-state index >= 15 is 0 Å². The van der Waals surface area contributed by atoms with Gasteiger partial charge in [0.15, 0.2) is 0 Å². The third-order valence-corrected chi connectivity index (χ3v) is 4.79. The summed E-state index contributed by atoms with van der Waals surface area (Å²) in [7, 11) is 0. The zero-order valence-corrected chi connectivity index (χ0v) is 15.1. The molecule has 2 aliphatic rings. The summed E-state index contributed by atoms with van der Waals surface area (Å²) in [6.07, 6.45) is 1.88. The Morgan fingerprint density at radius 3 is 2.77 bits per heavy atom. The van der Waals surface area contributed by atoms with E-state index in [0.717, 1.165) is 18.5 Å². The smallest absolute Gasteiger partial charge is 0.247 e. The van der Waals surface area contributed by atoms with Crippen molar-refractivity contribution < 1.29 is 14.1 Å². The summed E-state index contributed by atoms with van der Waals surface area (Å²) in [5, 5.41) is 7.38. The van der Waals surface area contributed by atoms with Gasteiger partial charge in [0, 0.05) is 18.2 Å². The van der Waals surface area contributed by atoms with Crippen LogP contribution in [0.5, 0.6) is 0 Å².